The molecule has 0 unspecified atom stereocenters. The Labute approximate surface area is 288 Å². The molecule has 3 aliphatic rings. The van der Waals surface area contributed by atoms with Gasteiger partial charge in [-0.1, -0.05) is 44.7 Å². The minimum absolute atomic E-state index is 0.0164. The van der Waals surface area contributed by atoms with Gasteiger partial charge in [-0.15, -0.1) is 17.9 Å². The van der Waals surface area contributed by atoms with Gasteiger partial charge in [-0.25, -0.2) is 14.6 Å². The molecule has 13 nitrogen and oxygen atoms in total. The molecule has 6 rings (SSSR count). The highest BCUT2D eigenvalue weighted by Crippen LogP contribution is 2.45. The minimum Gasteiger partial charge on any atom is -0.479 e. The van der Waals surface area contributed by atoms with Gasteiger partial charge >= 0.3 is 12.1 Å². The first-order valence-electron chi connectivity index (χ1n) is 17.0. The average molecular weight is 691 g/mol. The lowest BCUT2D eigenvalue weighted by molar-refractivity contribution is -0.145. The molecule has 1 saturated heterocycles. The largest absolute Gasteiger partial charge is 0.479 e. The standard InChI is InChI=1S/C35H42N6O7S/c1-3-5-6-7-14-26(38-34(46)48-22-11-10-12-22)32(43)41-20-23(18-27(41)30(42)40-35(33(44)45)19-21(35)4-2)47-31-28-24(15-17-49-28)37-29(39-31)25-13-8-9-16-36-25/h4,8-9,13,15-17,21-23,26-27H,2-3,5-7,10-12,14,18-20H2,1H3,(H,38,46)(H,40,42)(H,44,45)/t21-,23-,26+,27+,35-/m1/s1. The van der Waals surface area contributed by atoms with Gasteiger partial charge in [0, 0.05) is 18.5 Å². The lowest BCUT2D eigenvalue weighted by Crippen LogP contribution is -2.56. The van der Waals surface area contributed by atoms with Crippen LogP contribution >= 0.6 is 11.3 Å². The SMILES string of the molecule is C=C[C@@H]1C[C@]1(NC(=O)[C@@H]1C[C@@H](Oc2nc(-c3ccccn3)nc3ccsc23)CN1C(=O)[C@H](CCCCCC)NC(=O)OC1CCC1)C(=O)O. The predicted octanol–water partition coefficient (Wildman–Crippen LogP) is 4.86. The summed E-state index contributed by atoms with van der Waals surface area (Å²) in [7, 11) is 0. The van der Waals surface area contributed by atoms with Crippen LogP contribution in [-0.2, 0) is 19.1 Å². The van der Waals surface area contributed by atoms with Gasteiger partial charge in [0.15, 0.2) is 5.82 Å². The number of carbonyl (C=O) groups excluding carboxylic acids is 3. The van der Waals surface area contributed by atoms with Gasteiger partial charge in [0.05, 0.1) is 12.1 Å². The Morgan fingerprint density at radius 2 is 2.00 bits per heavy atom. The highest BCUT2D eigenvalue weighted by molar-refractivity contribution is 7.17. The summed E-state index contributed by atoms with van der Waals surface area (Å²) >= 11 is 1.41. The molecule has 3 aromatic heterocycles. The molecule has 2 saturated carbocycles. The fraction of sp³-hybridized carbons (Fsp3) is 0.514. The summed E-state index contributed by atoms with van der Waals surface area (Å²) in [6, 6.07) is 5.29. The van der Waals surface area contributed by atoms with Crippen molar-refractivity contribution in [3.63, 3.8) is 0 Å². The van der Waals surface area contributed by atoms with E-state index in [1.165, 1.54) is 22.3 Å². The number of carboxylic acid groups (broad SMARTS) is 1. The van der Waals surface area contributed by atoms with Gasteiger partial charge in [0.2, 0.25) is 17.7 Å². The van der Waals surface area contributed by atoms with E-state index in [4.69, 9.17) is 9.47 Å². The molecule has 260 valence electrons. The maximum absolute atomic E-state index is 14.3. The summed E-state index contributed by atoms with van der Waals surface area (Å²) in [5.41, 5.74) is -0.249. The molecule has 3 amide bonds. The van der Waals surface area contributed by atoms with Gasteiger partial charge in [0.1, 0.15) is 40.2 Å². The number of likely N-dealkylation sites (tertiary alicyclic amines) is 1. The van der Waals surface area contributed by atoms with Crippen molar-refractivity contribution in [2.24, 2.45) is 5.92 Å². The summed E-state index contributed by atoms with van der Waals surface area (Å²) in [5, 5.41) is 17.4. The van der Waals surface area contributed by atoms with Crippen LogP contribution in [0, 0.1) is 5.92 Å². The number of nitrogens with one attached hydrogen (secondary N) is 2. The van der Waals surface area contributed by atoms with E-state index < -0.39 is 53.5 Å². The van der Waals surface area contributed by atoms with Crippen molar-refractivity contribution in [2.45, 2.75) is 101 Å². The number of alkyl carbamates (subject to hydrolysis) is 1. The zero-order valence-electron chi connectivity index (χ0n) is 27.5. The van der Waals surface area contributed by atoms with Crippen LogP contribution in [0.1, 0.15) is 71.1 Å². The fourth-order valence-corrected chi connectivity index (χ4v) is 7.19. The number of fused-ring (bicyclic) bond motifs is 1. The first kappa shape index (κ1) is 34.3. The molecule has 0 radical (unpaired) electrons. The predicted molar refractivity (Wildman–Crippen MR) is 182 cm³/mol. The molecule has 3 fully saturated rings. The number of hydrogen-bond donors (Lipinski definition) is 3. The second-order valence-corrected chi connectivity index (χ2v) is 13.9. The highest BCUT2D eigenvalue weighted by atomic mass is 32.1. The van der Waals surface area contributed by atoms with Crippen LogP contribution < -0.4 is 15.4 Å². The number of nitrogens with zero attached hydrogens (tertiary/aromatic N) is 4. The van der Waals surface area contributed by atoms with Crippen molar-refractivity contribution >= 4 is 45.4 Å². The number of ether oxygens (including phenoxy) is 2. The zero-order valence-corrected chi connectivity index (χ0v) is 28.3. The van der Waals surface area contributed by atoms with Crippen molar-refractivity contribution in [1.29, 1.82) is 0 Å². The fourth-order valence-electron chi connectivity index (χ4n) is 6.43. The average Bonchev–Trinajstić information content (AvgIpc) is 3.37. The molecule has 2 aliphatic carbocycles. The Morgan fingerprint density at radius 1 is 1.16 bits per heavy atom. The maximum Gasteiger partial charge on any atom is 0.408 e. The van der Waals surface area contributed by atoms with E-state index >= 15 is 0 Å². The number of pyridine rings is 1. The highest BCUT2D eigenvalue weighted by Gasteiger charge is 2.61. The van der Waals surface area contributed by atoms with Crippen molar-refractivity contribution in [3.8, 4) is 17.4 Å². The topological polar surface area (TPSA) is 173 Å². The van der Waals surface area contributed by atoms with Crippen molar-refractivity contribution < 1.29 is 33.8 Å². The van der Waals surface area contributed by atoms with Crippen molar-refractivity contribution in [3.05, 3.63) is 48.5 Å². The van der Waals surface area contributed by atoms with E-state index in [1.54, 1.807) is 18.3 Å². The molecular formula is C35H42N6O7S. The van der Waals surface area contributed by atoms with E-state index in [0.29, 0.717) is 40.5 Å². The Bertz CT molecular complexity index is 1700. The van der Waals surface area contributed by atoms with E-state index in [9.17, 15) is 24.3 Å². The van der Waals surface area contributed by atoms with Crippen molar-refractivity contribution in [2.75, 3.05) is 6.54 Å². The first-order chi connectivity index (χ1) is 23.7. The normalized spacial score (nSPS) is 23.7. The molecule has 4 heterocycles. The number of rotatable bonds is 15. The minimum atomic E-state index is -1.48. The van der Waals surface area contributed by atoms with E-state index in [1.807, 2.05) is 17.5 Å². The zero-order chi connectivity index (χ0) is 34.5. The third kappa shape index (κ3) is 7.53. The van der Waals surface area contributed by atoms with Gasteiger partial charge in [-0.2, -0.15) is 4.98 Å². The third-order valence-electron chi connectivity index (χ3n) is 9.58. The maximum atomic E-state index is 14.3. The molecule has 0 aromatic carbocycles. The molecular weight excluding hydrogens is 648 g/mol. The number of unbranched alkanes of at least 4 members (excludes halogenated alkanes) is 3. The summed E-state index contributed by atoms with van der Waals surface area (Å²) in [4.78, 5) is 68.5. The van der Waals surface area contributed by atoms with Crippen LogP contribution in [0.4, 0.5) is 4.79 Å². The number of carbonyl (C=O) groups is 4. The summed E-state index contributed by atoms with van der Waals surface area (Å²) < 4.78 is 12.7. The second-order valence-electron chi connectivity index (χ2n) is 13.0. The first-order valence-corrected chi connectivity index (χ1v) is 17.9. The van der Waals surface area contributed by atoms with Crippen LogP contribution in [0.3, 0.4) is 0 Å². The quantitative estimate of drug-likeness (QED) is 0.148. The van der Waals surface area contributed by atoms with Crippen LogP contribution in [0.5, 0.6) is 5.88 Å². The third-order valence-corrected chi connectivity index (χ3v) is 10.5. The number of hydrogen-bond acceptors (Lipinski definition) is 10. The number of aliphatic carboxylic acids is 1. The van der Waals surface area contributed by atoms with Gasteiger partial charge < -0.3 is 30.1 Å². The molecule has 49 heavy (non-hydrogen) atoms. The van der Waals surface area contributed by atoms with E-state index in [0.717, 1.165) is 38.5 Å². The van der Waals surface area contributed by atoms with Gasteiger partial charge in [-0.05, 0) is 55.7 Å². The smallest absolute Gasteiger partial charge is 0.408 e. The van der Waals surface area contributed by atoms with Crippen LogP contribution in [-0.4, -0.2) is 85.2 Å². The lowest BCUT2D eigenvalue weighted by Gasteiger charge is -2.30. The number of amides is 3. The molecule has 5 atom stereocenters. The Morgan fingerprint density at radius 3 is 2.67 bits per heavy atom. The molecule has 0 bridgehead atoms. The van der Waals surface area contributed by atoms with Crippen LogP contribution in [0.15, 0.2) is 48.5 Å². The number of aromatic nitrogens is 3. The van der Waals surface area contributed by atoms with Gasteiger partial charge in [0.25, 0.3) is 0 Å². The Balaban J connectivity index is 1.27. The van der Waals surface area contributed by atoms with E-state index in [-0.39, 0.29) is 25.5 Å². The summed E-state index contributed by atoms with van der Waals surface area (Å²) in [5.74, 6) is -1.98. The monoisotopic (exact) mass is 690 g/mol. The Hall–Kier alpha value is -4.59. The van der Waals surface area contributed by atoms with E-state index in [2.05, 4.69) is 39.1 Å². The van der Waals surface area contributed by atoms with Gasteiger partial charge in [-0.3, -0.25) is 14.6 Å². The number of carboxylic acids is 1. The molecule has 3 aromatic rings. The van der Waals surface area contributed by atoms with Crippen LogP contribution in [0.2, 0.25) is 0 Å². The molecule has 0 spiro atoms. The van der Waals surface area contributed by atoms with Crippen LogP contribution in [0.25, 0.3) is 21.7 Å². The second kappa shape index (κ2) is 14.9. The summed E-state index contributed by atoms with van der Waals surface area (Å²) in [6.07, 6.45) is 8.43. The molecule has 3 N–H and O–H groups in total. The molecule has 1 aliphatic heterocycles. The Kier molecular flexibility index (Phi) is 10.4. The van der Waals surface area contributed by atoms with Crippen molar-refractivity contribution in [1.82, 2.24) is 30.5 Å². The summed E-state index contributed by atoms with van der Waals surface area (Å²) in [6.45, 7) is 5.82. The molecule has 14 heteroatoms. The number of thiophene rings is 1. The lowest BCUT2D eigenvalue weighted by atomic mass is 9.96.